The van der Waals surface area contributed by atoms with Crippen LogP contribution in [0, 0.1) is 0 Å². The van der Waals surface area contributed by atoms with Gasteiger partial charge in [-0.15, -0.1) is 10.2 Å². The molecule has 144 valence electrons. The molecule has 1 aromatic heterocycles. The van der Waals surface area contributed by atoms with Crippen molar-refractivity contribution in [3.8, 4) is 5.75 Å². The molecule has 0 radical (unpaired) electrons. The molecular formula is C17H19ClN4O4S. The van der Waals surface area contributed by atoms with Gasteiger partial charge in [-0.05, 0) is 32.0 Å². The molecule has 1 aliphatic rings. The van der Waals surface area contributed by atoms with Crippen LogP contribution >= 0.6 is 22.9 Å². The van der Waals surface area contributed by atoms with Gasteiger partial charge in [-0.3, -0.25) is 9.59 Å². The number of methoxy groups -OCH3 is 1. The lowest BCUT2D eigenvalue weighted by Crippen LogP contribution is -2.53. The molecule has 1 N–H and O–H groups in total. The van der Waals surface area contributed by atoms with Crippen molar-refractivity contribution in [1.29, 1.82) is 0 Å². The highest BCUT2D eigenvalue weighted by atomic mass is 35.5. The van der Waals surface area contributed by atoms with Crippen LogP contribution in [-0.4, -0.2) is 41.3 Å². The second kappa shape index (κ2) is 7.79. The largest absolute Gasteiger partial charge is 0.476 e. The molecule has 0 saturated carbocycles. The molecule has 1 aromatic carbocycles. The van der Waals surface area contributed by atoms with Gasteiger partial charge in [0.25, 0.3) is 5.91 Å². The lowest BCUT2D eigenvalue weighted by Gasteiger charge is -2.38. The van der Waals surface area contributed by atoms with Crippen molar-refractivity contribution in [2.75, 3.05) is 23.9 Å². The number of carbonyl (C=O) groups is 2. The Hall–Kier alpha value is -2.23. The number of ether oxygens (including phenoxy) is 2. The molecule has 0 saturated heterocycles. The monoisotopic (exact) mass is 410 g/mol. The Morgan fingerprint density at radius 3 is 2.93 bits per heavy atom. The summed E-state index contributed by atoms with van der Waals surface area (Å²) in [6.45, 7) is 3.91. The van der Waals surface area contributed by atoms with Crippen LogP contribution in [0.25, 0.3) is 0 Å². The number of hydrogen-bond acceptors (Lipinski definition) is 7. The standard InChI is InChI=1S/C17H19ClN4O4S/c1-17(2)15(24)22(11-8-10(18)4-5-12(11)26-17)7-6-13(23)19-16-21-20-14(27-16)9-25-3/h4-5,8H,6-7,9H2,1-3H3,(H,19,21,23). The van der Waals surface area contributed by atoms with Crippen molar-refractivity contribution in [1.82, 2.24) is 10.2 Å². The molecule has 10 heteroatoms. The summed E-state index contributed by atoms with van der Waals surface area (Å²) in [5, 5.41) is 12.0. The van der Waals surface area contributed by atoms with E-state index in [-0.39, 0.29) is 24.8 Å². The zero-order valence-electron chi connectivity index (χ0n) is 15.1. The number of nitrogens with one attached hydrogen (secondary N) is 1. The number of halogens is 1. The van der Waals surface area contributed by atoms with Crippen LogP contribution in [0.5, 0.6) is 5.75 Å². The number of carbonyl (C=O) groups excluding carboxylic acids is 2. The molecule has 8 nitrogen and oxygen atoms in total. The summed E-state index contributed by atoms with van der Waals surface area (Å²) in [7, 11) is 1.56. The smallest absolute Gasteiger partial charge is 0.270 e. The Morgan fingerprint density at radius 1 is 1.41 bits per heavy atom. The summed E-state index contributed by atoms with van der Waals surface area (Å²) in [6.07, 6.45) is 0.0902. The van der Waals surface area contributed by atoms with Crippen LogP contribution in [-0.2, 0) is 20.9 Å². The second-order valence-corrected chi connectivity index (χ2v) is 7.91. The highest BCUT2D eigenvalue weighted by Gasteiger charge is 2.40. The topological polar surface area (TPSA) is 93.7 Å². The molecule has 0 unspecified atom stereocenters. The van der Waals surface area contributed by atoms with Crippen LogP contribution in [0.1, 0.15) is 25.3 Å². The maximum atomic E-state index is 12.8. The van der Waals surface area contributed by atoms with Gasteiger partial charge >= 0.3 is 0 Å². The van der Waals surface area contributed by atoms with Crippen molar-refractivity contribution in [3.63, 3.8) is 0 Å². The van der Waals surface area contributed by atoms with E-state index in [0.29, 0.717) is 33.2 Å². The van der Waals surface area contributed by atoms with E-state index in [9.17, 15) is 9.59 Å². The molecule has 0 fully saturated rings. The van der Waals surface area contributed by atoms with Gasteiger partial charge in [0.1, 0.15) is 17.4 Å². The molecule has 0 spiro atoms. The van der Waals surface area contributed by atoms with Crippen molar-refractivity contribution >= 4 is 45.6 Å². The minimum Gasteiger partial charge on any atom is -0.476 e. The summed E-state index contributed by atoms with van der Waals surface area (Å²) in [4.78, 5) is 26.6. The van der Waals surface area contributed by atoms with Crippen LogP contribution in [0.2, 0.25) is 5.02 Å². The zero-order valence-corrected chi connectivity index (χ0v) is 16.7. The lowest BCUT2D eigenvalue weighted by atomic mass is 10.0. The minimum atomic E-state index is -1.02. The fourth-order valence-electron chi connectivity index (χ4n) is 2.64. The average molecular weight is 411 g/mol. The van der Waals surface area contributed by atoms with E-state index in [1.807, 2.05) is 0 Å². The second-order valence-electron chi connectivity index (χ2n) is 6.41. The van der Waals surface area contributed by atoms with Gasteiger partial charge in [-0.1, -0.05) is 22.9 Å². The Labute approximate surface area is 165 Å². The number of aromatic nitrogens is 2. The van der Waals surface area contributed by atoms with Crippen LogP contribution in [0.4, 0.5) is 10.8 Å². The highest BCUT2D eigenvalue weighted by Crippen LogP contribution is 2.39. The fraction of sp³-hybridized carbons (Fsp3) is 0.412. The molecule has 1 aliphatic heterocycles. The number of nitrogens with zero attached hydrogens (tertiary/aromatic N) is 3. The third-order valence-electron chi connectivity index (χ3n) is 3.88. The van der Waals surface area contributed by atoms with Gasteiger partial charge in [0, 0.05) is 25.1 Å². The number of benzene rings is 1. The van der Waals surface area contributed by atoms with Gasteiger partial charge in [0.05, 0.1) is 5.69 Å². The summed E-state index contributed by atoms with van der Waals surface area (Å²) >= 11 is 7.30. The number of anilines is 2. The van der Waals surface area contributed by atoms with Crippen LogP contribution < -0.4 is 15.0 Å². The molecule has 0 bridgehead atoms. The zero-order chi connectivity index (χ0) is 19.6. The summed E-state index contributed by atoms with van der Waals surface area (Å²) in [5.74, 6) is 0.0527. The number of amides is 2. The SMILES string of the molecule is COCc1nnc(NC(=O)CCN2C(=O)C(C)(C)Oc3ccc(Cl)cc32)s1. The maximum Gasteiger partial charge on any atom is 0.270 e. The number of hydrogen-bond donors (Lipinski definition) is 1. The van der Waals surface area contributed by atoms with E-state index in [1.54, 1.807) is 39.2 Å². The molecule has 0 aliphatic carbocycles. The Balaban J connectivity index is 1.69. The van der Waals surface area contributed by atoms with Gasteiger partial charge in [-0.25, -0.2) is 0 Å². The normalized spacial score (nSPS) is 15.3. The third kappa shape index (κ3) is 4.37. The minimum absolute atomic E-state index is 0.0902. The van der Waals surface area contributed by atoms with Crippen molar-refractivity contribution in [3.05, 3.63) is 28.2 Å². The summed E-state index contributed by atoms with van der Waals surface area (Å²) < 4.78 is 10.7. The van der Waals surface area contributed by atoms with Crippen LogP contribution in [0.3, 0.4) is 0 Å². The van der Waals surface area contributed by atoms with Crippen molar-refractivity contribution in [2.45, 2.75) is 32.5 Å². The predicted octanol–water partition coefficient (Wildman–Crippen LogP) is 2.87. The van der Waals surface area contributed by atoms with Gasteiger partial charge < -0.3 is 19.7 Å². The van der Waals surface area contributed by atoms with E-state index in [2.05, 4.69) is 15.5 Å². The van der Waals surface area contributed by atoms with E-state index >= 15 is 0 Å². The number of rotatable bonds is 6. The average Bonchev–Trinajstić information content (AvgIpc) is 3.03. The van der Waals surface area contributed by atoms with Crippen molar-refractivity contribution < 1.29 is 19.1 Å². The Bertz CT molecular complexity index is 870. The molecule has 3 rings (SSSR count). The third-order valence-corrected chi connectivity index (χ3v) is 4.93. The summed E-state index contributed by atoms with van der Waals surface area (Å²) in [5.41, 5.74) is -0.469. The van der Waals surface area contributed by atoms with E-state index in [1.165, 1.54) is 16.2 Å². The number of fused-ring (bicyclic) bond motifs is 1. The quantitative estimate of drug-likeness (QED) is 0.786. The first kappa shape index (κ1) is 19.5. The summed E-state index contributed by atoms with van der Waals surface area (Å²) in [6, 6.07) is 5.07. The van der Waals surface area contributed by atoms with Gasteiger partial charge in [0.2, 0.25) is 11.0 Å². The molecule has 2 heterocycles. The van der Waals surface area contributed by atoms with Crippen LogP contribution in [0.15, 0.2) is 18.2 Å². The molecular weight excluding hydrogens is 392 g/mol. The van der Waals surface area contributed by atoms with E-state index in [4.69, 9.17) is 21.1 Å². The van der Waals surface area contributed by atoms with Gasteiger partial charge in [-0.2, -0.15) is 0 Å². The first-order chi connectivity index (χ1) is 12.8. The molecule has 0 atom stereocenters. The first-order valence-corrected chi connectivity index (χ1v) is 9.41. The predicted molar refractivity (Wildman–Crippen MR) is 102 cm³/mol. The van der Waals surface area contributed by atoms with E-state index < -0.39 is 5.60 Å². The molecule has 2 aromatic rings. The van der Waals surface area contributed by atoms with Gasteiger partial charge in [0.15, 0.2) is 5.60 Å². The van der Waals surface area contributed by atoms with Crippen molar-refractivity contribution in [2.24, 2.45) is 0 Å². The molecule has 2 amide bonds. The first-order valence-electron chi connectivity index (χ1n) is 8.22. The highest BCUT2D eigenvalue weighted by molar-refractivity contribution is 7.15. The molecule has 27 heavy (non-hydrogen) atoms. The lowest BCUT2D eigenvalue weighted by molar-refractivity contribution is -0.132. The van der Waals surface area contributed by atoms with E-state index in [0.717, 1.165) is 0 Å². The Kier molecular flexibility index (Phi) is 5.64. The maximum absolute atomic E-state index is 12.8. The fourth-order valence-corrected chi connectivity index (χ4v) is 3.54. The Morgan fingerprint density at radius 2 is 2.19 bits per heavy atom.